The molecule has 0 bridgehead atoms. The number of amides is 1. The highest BCUT2D eigenvalue weighted by Gasteiger charge is 2.19. The summed E-state index contributed by atoms with van der Waals surface area (Å²) in [5.41, 5.74) is 2.64. The van der Waals surface area contributed by atoms with Crippen LogP contribution in [0.2, 0.25) is 0 Å². The Kier molecular flexibility index (Phi) is 5.96. The largest absolute Gasteiger partial charge is 0.324 e. The normalized spacial score (nSPS) is 11.4. The van der Waals surface area contributed by atoms with Crippen molar-refractivity contribution < 1.29 is 4.79 Å². The number of nitrogens with one attached hydrogen (secondary N) is 1. The van der Waals surface area contributed by atoms with Crippen molar-refractivity contribution in [2.24, 2.45) is 0 Å². The summed E-state index contributed by atoms with van der Waals surface area (Å²) in [7, 11) is 3.84. The molecule has 2 heterocycles. The van der Waals surface area contributed by atoms with E-state index in [1.807, 2.05) is 64.0 Å². The average molecular weight is 399 g/mol. The number of fused-ring (bicyclic) bond motifs is 1. The molecular weight excluding hydrogens is 372 g/mol. The number of rotatable bonds is 6. The Hall–Kier alpha value is -2.51. The van der Waals surface area contributed by atoms with Crippen LogP contribution in [0.4, 0.5) is 5.69 Å². The molecule has 1 N–H and O–H groups in total. The molecule has 2 aromatic heterocycles. The topological polar surface area (TPSA) is 67.2 Å². The third-order valence-electron chi connectivity index (χ3n) is 4.80. The van der Waals surface area contributed by atoms with E-state index in [0.717, 1.165) is 32.9 Å². The standard InChI is InChI=1S/C21H26N4O2S/c1-6-15-9-7-8-10-16(15)22-18(26)12-25-17(11-24(4)5)23-20-19(21(25)27)13(2)14(3)28-20/h7-10H,6,11-12H2,1-5H3,(H,22,26). The van der Waals surface area contributed by atoms with Crippen LogP contribution in [0, 0.1) is 13.8 Å². The summed E-state index contributed by atoms with van der Waals surface area (Å²) >= 11 is 1.53. The van der Waals surface area contributed by atoms with Crippen LogP contribution in [0.1, 0.15) is 28.8 Å². The zero-order valence-electron chi connectivity index (χ0n) is 17.0. The maximum absolute atomic E-state index is 13.2. The predicted octanol–water partition coefficient (Wildman–Crippen LogP) is 3.34. The van der Waals surface area contributed by atoms with Gasteiger partial charge in [0.15, 0.2) is 0 Å². The molecule has 7 heteroatoms. The number of nitrogens with zero attached hydrogens (tertiary/aromatic N) is 3. The monoisotopic (exact) mass is 398 g/mol. The predicted molar refractivity (Wildman–Crippen MR) is 115 cm³/mol. The van der Waals surface area contributed by atoms with Gasteiger partial charge >= 0.3 is 0 Å². The van der Waals surface area contributed by atoms with Crippen molar-refractivity contribution in [3.8, 4) is 0 Å². The number of carbonyl (C=O) groups is 1. The average Bonchev–Trinajstić information content (AvgIpc) is 2.92. The Bertz CT molecular complexity index is 1080. The zero-order chi connectivity index (χ0) is 20.4. The van der Waals surface area contributed by atoms with Crippen molar-refractivity contribution in [1.29, 1.82) is 0 Å². The van der Waals surface area contributed by atoms with Crippen LogP contribution >= 0.6 is 11.3 Å². The maximum Gasteiger partial charge on any atom is 0.263 e. The number of aromatic nitrogens is 2. The molecule has 0 radical (unpaired) electrons. The van der Waals surface area contributed by atoms with Gasteiger partial charge in [-0.1, -0.05) is 25.1 Å². The maximum atomic E-state index is 13.2. The van der Waals surface area contributed by atoms with Crippen molar-refractivity contribution >= 4 is 33.1 Å². The van der Waals surface area contributed by atoms with Gasteiger partial charge in [0.25, 0.3) is 5.56 Å². The van der Waals surface area contributed by atoms with Crippen molar-refractivity contribution in [3.05, 3.63) is 56.4 Å². The lowest BCUT2D eigenvalue weighted by Crippen LogP contribution is -2.33. The van der Waals surface area contributed by atoms with E-state index in [1.54, 1.807) is 0 Å². The fourth-order valence-corrected chi connectivity index (χ4v) is 4.26. The van der Waals surface area contributed by atoms with E-state index < -0.39 is 0 Å². The molecule has 0 fully saturated rings. The Labute approximate surface area is 168 Å². The molecule has 0 aliphatic rings. The highest BCUT2D eigenvalue weighted by atomic mass is 32.1. The van der Waals surface area contributed by atoms with E-state index in [1.165, 1.54) is 15.9 Å². The number of carbonyl (C=O) groups excluding carboxylic acids is 1. The third-order valence-corrected chi connectivity index (χ3v) is 5.90. The minimum Gasteiger partial charge on any atom is -0.324 e. The number of thiophene rings is 1. The SMILES string of the molecule is CCc1ccccc1NC(=O)Cn1c(CN(C)C)nc2sc(C)c(C)c2c1=O. The van der Waals surface area contributed by atoms with E-state index in [4.69, 9.17) is 4.98 Å². The highest BCUT2D eigenvalue weighted by Crippen LogP contribution is 2.26. The molecule has 0 saturated heterocycles. The smallest absolute Gasteiger partial charge is 0.263 e. The highest BCUT2D eigenvalue weighted by molar-refractivity contribution is 7.18. The summed E-state index contributed by atoms with van der Waals surface area (Å²) in [6, 6.07) is 7.72. The van der Waals surface area contributed by atoms with Crippen LogP contribution < -0.4 is 10.9 Å². The lowest BCUT2D eigenvalue weighted by molar-refractivity contribution is -0.116. The van der Waals surface area contributed by atoms with Gasteiger partial charge in [-0.15, -0.1) is 11.3 Å². The summed E-state index contributed by atoms with van der Waals surface area (Å²) in [6.07, 6.45) is 0.823. The molecule has 148 valence electrons. The number of aryl methyl sites for hydroxylation is 3. The van der Waals surface area contributed by atoms with Crippen molar-refractivity contribution in [2.45, 2.75) is 40.3 Å². The van der Waals surface area contributed by atoms with Gasteiger partial charge in [-0.25, -0.2) is 4.98 Å². The molecule has 28 heavy (non-hydrogen) atoms. The Balaban J connectivity index is 2.00. The summed E-state index contributed by atoms with van der Waals surface area (Å²) in [5, 5.41) is 3.57. The molecule has 3 aromatic rings. The summed E-state index contributed by atoms with van der Waals surface area (Å²) in [5.74, 6) is 0.372. The molecule has 6 nitrogen and oxygen atoms in total. The quantitative estimate of drug-likeness (QED) is 0.692. The van der Waals surface area contributed by atoms with Gasteiger partial charge < -0.3 is 10.2 Å². The molecule has 0 aliphatic carbocycles. The first-order valence-electron chi connectivity index (χ1n) is 9.33. The molecule has 0 unspecified atom stereocenters. The molecule has 0 spiro atoms. The van der Waals surface area contributed by atoms with E-state index >= 15 is 0 Å². The van der Waals surface area contributed by atoms with Crippen LogP contribution in [0.3, 0.4) is 0 Å². The van der Waals surface area contributed by atoms with Gasteiger partial charge in [0.05, 0.1) is 11.9 Å². The first kappa shape index (κ1) is 20.2. The fourth-order valence-electron chi connectivity index (χ4n) is 3.22. The van der Waals surface area contributed by atoms with E-state index in [0.29, 0.717) is 17.8 Å². The third kappa shape index (κ3) is 4.00. The van der Waals surface area contributed by atoms with Crippen LogP contribution in [-0.4, -0.2) is 34.5 Å². The van der Waals surface area contributed by atoms with Gasteiger partial charge in [-0.05, 0) is 51.6 Å². The second kappa shape index (κ2) is 8.24. The number of hydrogen-bond donors (Lipinski definition) is 1. The van der Waals surface area contributed by atoms with Gasteiger partial charge in [0.2, 0.25) is 5.91 Å². The van der Waals surface area contributed by atoms with Crippen LogP contribution in [0.5, 0.6) is 0 Å². The van der Waals surface area contributed by atoms with Gasteiger partial charge in [-0.3, -0.25) is 14.2 Å². The van der Waals surface area contributed by atoms with Gasteiger partial charge in [-0.2, -0.15) is 0 Å². The summed E-state index contributed by atoms with van der Waals surface area (Å²) in [4.78, 5) is 34.4. The second-order valence-electron chi connectivity index (χ2n) is 7.18. The minimum atomic E-state index is -0.228. The zero-order valence-corrected chi connectivity index (χ0v) is 17.8. The summed E-state index contributed by atoms with van der Waals surface area (Å²) in [6.45, 7) is 6.40. The Morgan fingerprint density at radius 3 is 2.64 bits per heavy atom. The van der Waals surface area contributed by atoms with Gasteiger partial charge in [0, 0.05) is 10.6 Å². The van der Waals surface area contributed by atoms with Gasteiger partial charge in [0.1, 0.15) is 17.2 Å². The Morgan fingerprint density at radius 1 is 1.25 bits per heavy atom. The van der Waals surface area contributed by atoms with Crippen molar-refractivity contribution in [3.63, 3.8) is 0 Å². The molecule has 1 aromatic carbocycles. The Morgan fingerprint density at radius 2 is 1.96 bits per heavy atom. The van der Waals surface area contributed by atoms with Crippen molar-refractivity contribution in [1.82, 2.24) is 14.5 Å². The van der Waals surface area contributed by atoms with E-state index in [9.17, 15) is 9.59 Å². The lowest BCUT2D eigenvalue weighted by atomic mass is 10.1. The van der Waals surface area contributed by atoms with Crippen molar-refractivity contribution in [2.75, 3.05) is 19.4 Å². The first-order valence-corrected chi connectivity index (χ1v) is 10.1. The molecule has 3 rings (SSSR count). The number of para-hydroxylation sites is 1. The second-order valence-corrected chi connectivity index (χ2v) is 8.38. The summed E-state index contributed by atoms with van der Waals surface area (Å²) < 4.78 is 1.51. The first-order chi connectivity index (χ1) is 13.3. The number of benzene rings is 1. The molecule has 0 atom stereocenters. The van der Waals surface area contributed by atoms with E-state index in [-0.39, 0.29) is 18.0 Å². The number of hydrogen-bond acceptors (Lipinski definition) is 5. The van der Waals surface area contributed by atoms with Crippen LogP contribution in [-0.2, 0) is 24.3 Å². The molecule has 0 saturated carbocycles. The minimum absolute atomic E-state index is 0.0582. The molecular formula is C21H26N4O2S. The van der Waals surface area contributed by atoms with Crippen LogP contribution in [0.15, 0.2) is 29.1 Å². The lowest BCUT2D eigenvalue weighted by Gasteiger charge is -2.16. The molecule has 0 aliphatic heterocycles. The van der Waals surface area contributed by atoms with Crippen LogP contribution in [0.25, 0.3) is 10.2 Å². The number of anilines is 1. The molecule has 1 amide bonds. The van der Waals surface area contributed by atoms with E-state index in [2.05, 4.69) is 5.32 Å². The fraction of sp³-hybridized carbons (Fsp3) is 0.381.